The van der Waals surface area contributed by atoms with Crippen molar-refractivity contribution in [2.45, 2.75) is 77.2 Å². The van der Waals surface area contributed by atoms with Gasteiger partial charge in [-0.25, -0.2) is 4.39 Å². The summed E-state index contributed by atoms with van der Waals surface area (Å²) in [6.07, 6.45) is -2.27. The van der Waals surface area contributed by atoms with E-state index in [1.165, 1.54) is 0 Å². The van der Waals surface area contributed by atoms with E-state index in [0.717, 1.165) is 6.42 Å². The monoisotopic (exact) mass is 322 g/mol. The highest BCUT2D eigenvalue weighted by atomic mass is 19.4. The molecular formula is C15H23BF4O2. The second-order valence-electron chi connectivity index (χ2n) is 7.33. The molecule has 2 rings (SSSR count). The maximum absolute atomic E-state index is 14.5. The van der Waals surface area contributed by atoms with Gasteiger partial charge in [0.15, 0.2) is 0 Å². The Labute approximate surface area is 129 Å². The van der Waals surface area contributed by atoms with Gasteiger partial charge < -0.3 is 9.31 Å². The second kappa shape index (κ2) is 5.51. The van der Waals surface area contributed by atoms with Crippen molar-refractivity contribution >= 4 is 7.12 Å². The van der Waals surface area contributed by atoms with Gasteiger partial charge in [-0.3, -0.25) is 0 Å². The summed E-state index contributed by atoms with van der Waals surface area (Å²) in [5.41, 5.74) is -4.63. The third kappa shape index (κ3) is 3.07. The summed E-state index contributed by atoms with van der Waals surface area (Å²) in [6.45, 7) is 6.95. The number of hydrogen-bond donors (Lipinski definition) is 0. The topological polar surface area (TPSA) is 18.5 Å². The molecule has 1 aliphatic heterocycles. The van der Waals surface area contributed by atoms with Crippen LogP contribution in [0.15, 0.2) is 11.8 Å². The minimum Gasteiger partial charge on any atom is -0.398 e. The van der Waals surface area contributed by atoms with E-state index in [-0.39, 0.29) is 12.8 Å². The third-order valence-corrected chi connectivity index (χ3v) is 5.20. The molecule has 2 aliphatic rings. The van der Waals surface area contributed by atoms with Gasteiger partial charge in [-0.1, -0.05) is 19.3 Å². The van der Waals surface area contributed by atoms with E-state index < -0.39 is 35.6 Å². The van der Waals surface area contributed by atoms with Crippen molar-refractivity contribution in [1.82, 2.24) is 0 Å². The first-order valence-electron chi connectivity index (χ1n) is 7.71. The highest BCUT2D eigenvalue weighted by molar-refractivity contribution is 6.53. The maximum atomic E-state index is 14.5. The van der Waals surface area contributed by atoms with Crippen molar-refractivity contribution in [3.63, 3.8) is 0 Å². The van der Waals surface area contributed by atoms with Crippen LogP contribution in [0.5, 0.6) is 0 Å². The molecule has 0 radical (unpaired) electrons. The van der Waals surface area contributed by atoms with Crippen LogP contribution in [-0.2, 0) is 9.31 Å². The second-order valence-corrected chi connectivity index (χ2v) is 7.33. The van der Waals surface area contributed by atoms with E-state index in [1.807, 2.05) is 0 Å². The normalized spacial score (nSPS) is 28.0. The van der Waals surface area contributed by atoms with E-state index in [2.05, 4.69) is 0 Å². The lowest BCUT2D eigenvalue weighted by molar-refractivity contribution is -0.215. The molecule has 1 saturated carbocycles. The molecule has 7 heteroatoms. The summed E-state index contributed by atoms with van der Waals surface area (Å²) in [4.78, 5) is 0. The zero-order valence-electron chi connectivity index (χ0n) is 13.5. The lowest BCUT2D eigenvalue weighted by atomic mass is 9.70. The van der Waals surface area contributed by atoms with Gasteiger partial charge in [-0.05, 0) is 46.6 Å². The molecule has 0 unspecified atom stereocenters. The van der Waals surface area contributed by atoms with Crippen LogP contribution in [0.3, 0.4) is 0 Å². The minimum absolute atomic E-state index is 0.0799. The molecule has 0 bridgehead atoms. The smallest absolute Gasteiger partial charge is 0.398 e. The van der Waals surface area contributed by atoms with Gasteiger partial charge in [0.05, 0.1) is 16.6 Å². The van der Waals surface area contributed by atoms with Crippen molar-refractivity contribution in [3.8, 4) is 0 Å². The fourth-order valence-electron chi connectivity index (χ4n) is 2.98. The Balaban J connectivity index is 2.27. The summed E-state index contributed by atoms with van der Waals surface area (Å²) in [5.74, 6) is 0. The molecule has 2 nitrogen and oxygen atoms in total. The third-order valence-electron chi connectivity index (χ3n) is 5.20. The van der Waals surface area contributed by atoms with Crippen molar-refractivity contribution in [2.24, 2.45) is 5.41 Å². The summed E-state index contributed by atoms with van der Waals surface area (Å²) in [5, 5.41) is 0. The first-order chi connectivity index (χ1) is 9.90. The molecule has 0 aromatic rings. The van der Waals surface area contributed by atoms with Gasteiger partial charge in [-0.2, -0.15) is 13.2 Å². The molecule has 126 valence electrons. The zero-order valence-corrected chi connectivity index (χ0v) is 13.5. The molecule has 0 aromatic heterocycles. The van der Waals surface area contributed by atoms with Crippen LogP contribution in [0.1, 0.15) is 59.8 Å². The summed E-state index contributed by atoms with van der Waals surface area (Å²) in [7, 11) is -1.37. The molecule has 2 fully saturated rings. The molecule has 0 aromatic carbocycles. The van der Waals surface area contributed by atoms with Gasteiger partial charge in [-0.15, -0.1) is 0 Å². The summed E-state index contributed by atoms with van der Waals surface area (Å²) >= 11 is 0. The summed E-state index contributed by atoms with van der Waals surface area (Å²) in [6, 6.07) is 0. The molecule has 22 heavy (non-hydrogen) atoms. The van der Waals surface area contributed by atoms with Gasteiger partial charge in [0.25, 0.3) is 0 Å². The molecule has 0 N–H and O–H groups in total. The van der Waals surface area contributed by atoms with Gasteiger partial charge in [0.2, 0.25) is 0 Å². The number of alkyl halides is 3. The van der Waals surface area contributed by atoms with Crippen LogP contribution in [-0.4, -0.2) is 24.5 Å². The van der Waals surface area contributed by atoms with Crippen LogP contribution in [0.2, 0.25) is 0 Å². The van der Waals surface area contributed by atoms with Crippen LogP contribution in [0, 0.1) is 5.41 Å². The van der Waals surface area contributed by atoms with Crippen molar-refractivity contribution in [2.75, 3.05) is 0 Å². The first kappa shape index (κ1) is 17.8. The van der Waals surface area contributed by atoms with Crippen molar-refractivity contribution < 1.29 is 26.9 Å². The highest BCUT2D eigenvalue weighted by Gasteiger charge is 2.57. The Kier molecular flexibility index (Phi) is 4.46. The SMILES string of the molecule is CC1(C)OB(C(F)=CC2(C(F)(F)F)CCCCC2)OC1(C)C. The highest BCUT2D eigenvalue weighted by Crippen LogP contribution is 2.51. The predicted molar refractivity (Wildman–Crippen MR) is 76.8 cm³/mol. The largest absolute Gasteiger partial charge is 0.524 e. The zero-order chi connectivity index (χ0) is 16.8. The Morgan fingerprint density at radius 3 is 1.82 bits per heavy atom. The van der Waals surface area contributed by atoms with Crippen LogP contribution >= 0.6 is 0 Å². The molecule has 1 saturated heterocycles. The predicted octanol–water partition coefficient (Wildman–Crippen LogP) is 4.98. The van der Waals surface area contributed by atoms with Crippen molar-refractivity contribution in [3.05, 3.63) is 11.8 Å². The average molecular weight is 322 g/mol. The first-order valence-corrected chi connectivity index (χ1v) is 7.71. The molecule has 0 amide bonds. The fourth-order valence-corrected chi connectivity index (χ4v) is 2.98. The quantitative estimate of drug-likeness (QED) is 0.527. The standard InChI is InChI=1S/C15H23BF4O2/c1-12(2)13(3,4)22-16(21-12)11(17)10-14(15(18,19)20)8-6-5-7-9-14/h10H,5-9H2,1-4H3. The van der Waals surface area contributed by atoms with Crippen LogP contribution in [0.4, 0.5) is 17.6 Å². The molecule has 0 spiro atoms. The number of hydrogen-bond acceptors (Lipinski definition) is 2. The molecular weight excluding hydrogens is 299 g/mol. The lowest BCUT2D eigenvalue weighted by Crippen LogP contribution is -2.41. The van der Waals surface area contributed by atoms with Gasteiger partial charge in [0, 0.05) is 0 Å². The molecule has 1 heterocycles. The van der Waals surface area contributed by atoms with Gasteiger partial charge >= 0.3 is 13.3 Å². The lowest BCUT2D eigenvalue weighted by Gasteiger charge is -2.36. The number of rotatable bonds is 2. The number of halogens is 4. The minimum atomic E-state index is -4.46. The maximum Gasteiger partial charge on any atom is 0.524 e. The van der Waals surface area contributed by atoms with E-state index in [9.17, 15) is 17.6 Å². The average Bonchev–Trinajstić information content (AvgIpc) is 2.58. The van der Waals surface area contributed by atoms with E-state index in [0.29, 0.717) is 18.9 Å². The Bertz CT molecular complexity index is 435. The van der Waals surface area contributed by atoms with Gasteiger partial charge in [0.1, 0.15) is 5.73 Å². The Morgan fingerprint density at radius 2 is 1.41 bits per heavy atom. The molecule has 0 atom stereocenters. The van der Waals surface area contributed by atoms with E-state index in [1.54, 1.807) is 27.7 Å². The van der Waals surface area contributed by atoms with Crippen LogP contribution < -0.4 is 0 Å². The van der Waals surface area contributed by atoms with Crippen molar-refractivity contribution in [1.29, 1.82) is 0 Å². The fraction of sp³-hybridized carbons (Fsp3) is 0.867. The van der Waals surface area contributed by atoms with E-state index >= 15 is 0 Å². The van der Waals surface area contributed by atoms with Crippen LogP contribution in [0.25, 0.3) is 0 Å². The number of allylic oxidation sites excluding steroid dienone is 1. The Hall–Kier alpha value is -0.555. The molecule has 1 aliphatic carbocycles. The van der Waals surface area contributed by atoms with E-state index in [4.69, 9.17) is 9.31 Å². The Morgan fingerprint density at radius 1 is 0.955 bits per heavy atom. The summed E-state index contributed by atoms with van der Waals surface area (Å²) < 4.78 is 65.8.